The van der Waals surface area contributed by atoms with Gasteiger partial charge in [0.05, 0.1) is 33.8 Å². The molecule has 0 aromatic heterocycles. The Kier molecular flexibility index (Phi) is 5.95. The minimum Gasteiger partial charge on any atom is -0.384 e. The van der Waals surface area contributed by atoms with E-state index in [-0.39, 0.29) is 34.3 Å². The normalized spacial score (nSPS) is 20.4. The maximum Gasteiger partial charge on any atom is 0.416 e. The van der Waals surface area contributed by atoms with Crippen LogP contribution in [-0.2, 0) is 11.0 Å². The van der Waals surface area contributed by atoms with E-state index in [4.69, 9.17) is 28.9 Å². The zero-order valence-electron chi connectivity index (χ0n) is 18.3. The molecule has 0 amide bonds. The number of Topliss-reactive ketones (excluding diaryl/α,β-unsaturated/α-hetero) is 1. The van der Waals surface area contributed by atoms with Gasteiger partial charge in [-0.25, -0.2) is 0 Å². The van der Waals surface area contributed by atoms with Crippen LogP contribution in [0.3, 0.4) is 0 Å². The standard InChI is InChI=1S/C25H20Cl2F3N3O/c1-24(2)10-19-22(20(34)11-24)21(14-5-3-4-6-16(14)26)15(12-31)23(32)33(19)18-9-13(25(28,29)30)7-8-17(18)27/h3-9,21H,10-11,32H2,1-2H3/t21-/m1/s1. The predicted octanol–water partition coefficient (Wildman–Crippen LogP) is 6.95. The summed E-state index contributed by atoms with van der Waals surface area (Å²) in [5, 5.41) is 10.4. The number of benzene rings is 2. The van der Waals surface area contributed by atoms with Gasteiger partial charge in [-0.05, 0) is 41.7 Å². The van der Waals surface area contributed by atoms with Crippen molar-refractivity contribution >= 4 is 34.7 Å². The zero-order chi connectivity index (χ0) is 25.0. The van der Waals surface area contributed by atoms with Crippen LogP contribution < -0.4 is 10.6 Å². The Labute approximate surface area is 205 Å². The van der Waals surface area contributed by atoms with Crippen LogP contribution in [0.25, 0.3) is 0 Å². The molecule has 0 fully saturated rings. The number of rotatable bonds is 2. The van der Waals surface area contributed by atoms with Crippen molar-refractivity contribution in [2.45, 2.75) is 38.8 Å². The summed E-state index contributed by atoms with van der Waals surface area (Å²) in [5.41, 5.74) is 6.28. The highest BCUT2D eigenvalue weighted by Crippen LogP contribution is 2.52. The van der Waals surface area contributed by atoms with Crippen LogP contribution >= 0.6 is 23.2 Å². The monoisotopic (exact) mass is 505 g/mol. The van der Waals surface area contributed by atoms with Crippen molar-refractivity contribution in [3.8, 4) is 6.07 Å². The largest absolute Gasteiger partial charge is 0.416 e. The van der Waals surface area contributed by atoms with E-state index in [9.17, 15) is 23.2 Å². The van der Waals surface area contributed by atoms with Crippen LogP contribution in [0.4, 0.5) is 18.9 Å². The van der Waals surface area contributed by atoms with Crippen LogP contribution in [0.15, 0.2) is 65.1 Å². The SMILES string of the molecule is CC1(C)CC(=O)C2=C(C1)N(c1cc(C(F)(F)F)ccc1Cl)C(N)=C(C#N)[C@H]2c1ccccc1Cl. The molecule has 0 radical (unpaired) electrons. The average molecular weight is 506 g/mol. The first-order chi connectivity index (χ1) is 15.9. The lowest BCUT2D eigenvalue weighted by Crippen LogP contribution is -2.42. The van der Waals surface area contributed by atoms with E-state index in [1.54, 1.807) is 24.3 Å². The summed E-state index contributed by atoms with van der Waals surface area (Å²) in [4.78, 5) is 14.8. The van der Waals surface area contributed by atoms with E-state index in [0.29, 0.717) is 28.3 Å². The summed E-state index contributed by atoms with van der Waals surface area (Å²) < 4.78 is 40.5. The van der Waals surface area contributed by atoms with Crippen molar-refractivity contribution in [1.82, 2.24) is 0 Å². The fraction of sp³-hybridized carbons (Fsp3) is 0.280. The smallest absolute Gasteiger partial charge is 0.384 e. The van der Waals surface area contributed by atoms with Crippen molar-refractivity contribution in [3.05, 3.63) is 86.3 Å². The van der Waals surface area contributed by atoms with Crippen molar-refractivity contribution in [3.63, 3.8) is 0 Å². The van der Waals surface area contributed by atoms with Gasteiger partial charge in [-0.1, -0.05) is 55.2 Å². The van der Waals surface area contributed by atoms with Gasteiger partial charge in [-0.15, -0.1) is 0 Å². The topological polar surface area (TPSA) is 70.1 Å². The van der Waals surface area contributed by atoms with Crippen molar-refractivity contribution in [2.24, 2.45) is 11.1 Å². The fourth-order valence-electron chi connectivity index (χ4n) is 4.66. The molecule has 1 aliphatic heterocycles. The summed E-state index contributed by atoms with van der Waals surface area (Å²) in [5.74, 6) is -1.14. The van der Waals surface area contributed by atoms with Gasteiger partial charge in [0, 0.05) is 22.7 Å². The molecule has 9 heteroatoms. The van der Waals surface area contributed by atoms with Gasteiger partial charge >= 0.3 is 6.18 Å². The highest BCUT2D eigenvalue weighted by molar-refractivity contribution is 6.33. The summed E-state index contributed by atoms with van der Waals surface area (Å²) >= 11 is 12.8. The van der Waals surface area contributed by atoms with Crippen LogP contribution in [0.5, 0.6) is 0 Å². The number of nitrogens with two attached hydrogens (primary N) is 1. The molecule has 2 aromatic rings. The molecule has 0 bridgehead atoms. The molecule has 1 atom stereocenters. The Bertz CT molecular complexity index is 1310. The summed E-state index contributed by atoms with van der Waals surface area (Å²) in [6.07, 6.45) is -4.08. The van der Waals surface area contributed by atoms with Gasteiger partial charge in [0.2, 0.25) is 0 Å². The molecular weight excluding hydrogens is 486 g/mol. The Morgan fingerprint density at radius 3 is 2.41 bits per heavy atom. The van der Waals surface area contributed by atoms with Gasteiger partial charge < -0.3 is 5.73 Å². The minimum absolute atomic E-state index is 0.00659. The first-order valence-electron chi connectivity index (χ1n) is 10.4. The zero-order valence-corrected chi connectivity index (χ0v) is 19.8. The molecule has 1 aliphatic carbocycles. The molecule has 2 N–H and O–H groups in total. The number of carbonyl (C=O) groups is 1. The number of hydrogen-bond donors (Lipinski definition) is 1. The first-order valence-corrected chi connectivity index (χ1v) is 11.2. The number of anilines is 1. The number of halogens is 5. The van der Waals surface area contributed by atoms with Crippen LogP contribution in [0.1, 0.15) is 43.7 Å². The highest BCUT2D eigenvalue weighted by atomic mass is 35.5. The lowest BCUT2D eigenvalue weighted by molar-refractivity contribution is -0.137. The number of alkyl halides is 3. The van der Waals surface area contributed by atoms with E-state index >= 15 is 0 Å². The van der Waals surface area contributed by atoms with Crippen molar-refractivity contribution in [2.75, 3.05) is 4.90 Å². The first kappa shape index (κ1) is 24.2. The lowest BCUT2D eigenvalue weighted by Gasteiger charge is -2.44. The molecule has 1 heterocycles. The van der Waals surface area contributed by atoms with Gasteiger partial charge in [0.15, 0.2) is 5.78 Å². The Morgan fingerprint density at radius 2 is 1.79 bits per heavy atom. The Morgan fingerprint density at radius 1 is 1.12 bits per heavy atom. The maximum absolute atomic E-state index is 13.5. The molecular formula is C25H20Cl2F3N3O. The number of allylic oxidation sites excluding steroid dienone is 3. The van der Waals surface area contributed by atoms with Gasteiger partial charge in [-0.2, -0.15) is 18.4 Å². The molecule has 34 heavy (non-hydrogen) atoms. The fourth-order valence-corrected chi connectivity index (χ4v) is 5.11. The molecule has 176 valence electrons. The number of hydrogen-bond acceptors (Lipinski definition) is 4. The summed E-state index contributed by atoms with van der Waals surface area (Å²) in [6.45, 7) is 3.79. The molecule has 4 rings (SSSR count). The van der Waals surface area contributed by atoms with Crippen LogP contribution in [-0.4, -0.2) is 5.78 Å². The van der Waals surface area contributed by atoms with E-state index < -0.39 is 23.1 Å². The average Bonchev–Trinajstić information content (AvgIpc) is 2.73. The molecule has 0 unspecified atom stereocenters. The van der Waals surface area contributed by atoms with Gasteiger partial charge in [0.1, 0.15) is 5.82 Å². The van der Waals surface area contributed by atoms with E-state index in [0.717, 1.165) is 18.2 Å². The quantitative estimate of drug-likeness (QED) is 0.479. The molecule has 2 aliphatic rings. The molecule has 4 nitrogen and oxygen atoms in total. The Balaban J connectivity index is 2.05. The molecule has 2 aromatic carbocycles. The minimum atomic E-state index is -4.62. The third-order valence-electron chi connectivity index (χ3n) is 6.11. The number of nitrogens with zero attached hydrogens (tertiary/aromatic N) is 2. The van der Waals surface area contributed by atoms with E-state index in [1.165, 1.54) is 4.90 Å². The predicted molar refractivity (Wildman–Crippen MR) is 125 cm³/mol. The summed E-state index contributed by atoms with van der Waals surface area (Å²) in [7, 11) is 0. The number of ketones is 1. The second-order valence-electron chi connectivity index (χ2n) is 9.17. The van der Waals surface area contributed by atoms with Crippen molar-refractivity contribution in [1.29, 1.82) is 5.26 Å². The summed E-state index contributed by atoms with van der Waals surface area (Å²) in [6, 6.07) is 11.8. The van der Waals surface area contributed by atoms with Gasteiger partial charge in [-0.3, -0.25) is 9.69 Å². The molecule has 0 spiro atoms. The number of carbonyl (C=O) groups excluding carboxylic acids is 1. The van der Waals surface area contributed by atoms with Crippen LogP contribution in [0.2, 0.25) is 10.0 Å². The molecule has 0 saturated heterocycles. The van der Waals surface area contributed by atoms with E-state index in [1.807, 2.05) is 13.8 Å². The Hall–Kier alpha value is -2.95. The highest BCUT2D eigenvalue weighted by Gasteiger charge is 2.45. The van der Waals surface area contributed by atoms with E-state index in [2.05, 4.69) is 6.07 Å². The second-order valence-corrected chi connectivity index (χ2v) is 9.98. The van der Waals surface area contributed by atoms with Crippen molar-refractivity contribution < 1.29 is 18.0 Å². The maximum atomic E-state index is 13.5. The van der Waals surface area contributed by atoms with Gasteiger partial charge in [0.25, 0.3) is 0 Å². The number of nitriles is 1. The third kappa shape index (κ3) is 4.06. The lowest BCUT2D eigenvalue weighted by atomic mass is 9.68. The molecule has 0 saturated carbocycles. The second kappa shape index (κ2) is 8.37. The van der Waals surface area contributed by atoms with Crippen LogP contribution in [0, 0.1) is 16.7 Å². The third-order valence-corrected chi connectivity index (χ3v) is 6.78.